The van der Waals surface area contributed by atoms with Crippen LogP contribution in [0.2, 0.25) is 5.02 Å². The molecule has 1 heterocycles. The van der Waals surface area contributed by atoms with Gasteiger partial charge in [-0.2, -0.15) is 0 Å². The first-order valence-corrected chi connectivity index (χ1v) is 7.37. The van der Waals surface area contributed by atoms with E-state index in [0.29, 0.717) is 35.3 Å². The molecule has 0 saturated heterocycles. The maximum atomic E-state index is 11.8. The number of aromatic nitrogens is 1. The van der Waals surface area contributed by atoms with Crippen LogP contribution in [-0.4, -0.2) is 31.8 Å². The molecule has 0 unspecified atom stereocenters. The third kappa shape index (κ3) is 5.03. The molecule has 2 rings (SSSR count). The number of anilines is 1. The van der Waals surface area contributed by atoms with Crippen molar-refractivity contribution in [3.05, 3.63) is 47.1 Å². The van der Waals surface area contributed by atoms with Crippen molar-refractivity contribution in [3.8, 4) is 11.5 Å². The largest absolute Gasteiger partial charge is 0.493 e. The van der Waals surface area contributed by atoms with E-state index < -0.39 is 0 Å². The SMILES string of the molecule is COc1ccc(CCNC(=O)Nc2ccc(Cl)cn2)cc1OC. The van der Waals surface area contributed by atoms with Gasteiger partial charge in [0.2, 0.25) is 0 Å². The van der Waals surface area contributed by atoms with Gasteiger partial charge in [0.05, 0.1) is 19.2 Å². The summed E-state index contributed by atoms with van der Waals surface area (Å²) in [5.74, 6) is 1.79. The van der Waals surface area contributed by atoms with Crippen molar-refractivity contribution in [1.29, 1.82) is 0 Å². The number of hydrogen-bond donors (Lipinski definition) is 2. The minimum Gasteiger partial charge on any atom is -0.493 e. The first-order chi connectivity index (χ1) is 11.1. The van der Waals surface area contributed by atoms with Crippen molar-refractivity contribution in [3.63, 3.8) is 0 Å². The molecule has 2 amide bonds. The second-order valence-electron chi connectivity index (χ2n) is 4.68. The highest BCUT2D eigenvalue weighted by atomic mass is 35.5. The molecule has 0 fully saturated rings. The highest BCUT2D eigenvalue weighted by Crippen LogP contribution is 2.27. The minimum atomic E-state index is -0.319. The third-order valence-electron chi connectivity index (χ3n) is 3.12. The van der Waals surface area contributed by atoms with E-state index >= 15 is 0 Å². The standard InChI is InChI=1S/C16H18ClN3O3/c1-22-13-5-3-11(9-14(13)23-2)7-8-18-16(21)20-15-6-4-12(17)10-19-15/h3-6,9-10H,7-8H2,1-2H3,(H2,18,19,20,21). The number of ether oxygens (including phenoxy) is 2. The zero-order chi connectivity index (χ0) is 16.7. The number of halogens is 1. The fourth-order valence-electron chi connectivity index (χ4n) is 1.97. The van der Waals surface area contributed by atoms with Gasteiger partial charge in [-0.1, -0.05) is 17.7 Å². The maximum absolute atomic E-state index is 11.8. The Morgan fingerprint density at radius 2 is 1.96 bits per heavy atom. The van der Waals surface area contributed by atoms with Crippen LogP contribution in [0.25, 0.3) is 0 Å². The number of nitrogens with zero attached hydrogens (tertiary/aromatic N) is 1. The lowest BCUT2D eigenvalue weighted by Gasteiger charge is -2.10. The summed E-state index contributed by atoms with van der Waals surface area (Å²) in [4.78, 5) is 15.8. The Kier molecular flexibility index (Phi) is 6.05. The molecular weight excluding hydrogens is 318 g/mol. The molecule has 0 saturated carbocycles. The summed E-state index contributed by atoms with van der Waals surface area (Å²) in [7, 11) is 3.18. The summed E-state index contributed by atoms with van der Waals surface area (Å²) in [6.45, 7) is 0.481. The Hall–Kier alpha value is -2.47. The van der Waals surface area contributed by atoms with Crippen LogP contribution in [0.1, 0.15) is 5.56 Å². The average molecular weight is 336 g/mol. The van der Waals surface area contributed by atoms with Crippen molar-refractivity contribution in [1.82, 2.24) is 10.3 Å². The number of amides is 2. The molecular formula is C16H18ClN3O3. The first kappa shape index (κ1) is 16.9. The fourth-order valence-corrected chi connectivity index (χ4v) is 2.08. The van der Waals surface area contributed by atoms with E-state index in [0.717, 1.165) is 5.56 Å². The summed E-state index contributed by atoms with van der Waals surface area (Å²) in [5.41, 5.74) is 1.03. The molecule has 1 aromatic heterocycles. The van der Waals surface area contributed by atoms with E-state index in [4.69, 9.17) is 21.1 Å². The summed E-state index contributed by atoms with van der Waals surface area (Å²) < 4.78 is 10.4. The lowest BCUT2D eigenvalue weighted by Crippen LogP contribution is -2.30. The molecule has 0 spiro atoms. The number of benzene rings is 1. The van der Waals surface area contributed by atoms with Crippen LogP contribution in [0.3, 0.4) is 0 Å². The fraction of sp³-hybridized carbons (Fsp3) is 0.250. The molecule has 2 N–H and O–H groups in total. The molecule has 2 aromatic rings. The van der Waals surface area contributed by atoms with Crippen molar-refractivity contribution in [2.45, 2.75) is 6.42 Å². The van der Waals surface area contributed by atoms with Crippen LogP contribution in [0.5, 0.6) is 11.5 Å². The van der Waals surface area contributed by atoms with Crippen LogP contribution in [0.15, 0.2) is 36.5 Å². The third-order valence-corrected chi connectivity index (χ3v) is 3.34. The second-order valence-corrected chi connectivity index (χ2v) is 5.12. The number of carbonyl (C=O) groups is 1. The molecule has 0 radical (unpaired) electrons. The molecule has 122 valence electrons. The van der Waals surface area contributed by atoms with Crippen molar-refractivity contribution in [2.75, 3.05) is 26.1 Å². The highest BCUT2D eigenvalue weighted by molar-refractivity contribution is 6.30. The molecule has 0 aliphatic carbocycles. The van der Waals surface area contributed by atoms with Gasteiger partial charge in [0.1, 0.15) is 5.82 Å². The summed E-state index contributed by atoms with van der Waals surface area (Å²) >= 11 is 5.74. The van der Waals surface area contributed by atoms with Crippen LogP contribution in [0, 0.1) is 0 Å². The van der Waals surface area contributed by atoms with Crippen molar-refractivity contribution >= 4 is 23.4 Å². The van der Waals surface area contributed by atoms with Gasteiger partial charge < -0.3 is 14.8 Å². The van der Waals surface area contributed by atoms with E-state index in [-0.39, 0.29) is 6.03 Å². The van der Waals surface area contributed by atoms with Gasteiger partial charge in [-0.15, -0.1) is 0 Å². The van der Waals surface area contributed by atoms with Crippen LogP contribution >= 0.6 is 11.6 Å². The van der Waals surface area contributed by atoms with Gasteiger partial charge >= 0.3 is 6.03 Å². The Labute approximate surface area is 139 Å². The number of rotatable bonds is 6. The van der Waals surface area contributed by atoms with Gasteiger partial charge in [-0.25, -0.2) is 9.78 Å². The lowest BCUT2D eigenvalue weighted by molar-refractivity contribution is 0.252. The smallest absolute Gasteiger partial charge is 0.320 e. The summed E-state index contributed by atoms with van der Waals surface area (Å²) in [5, 5.41) is 5.91. The first-order valence-electron chi connectivity index (χ1n) is 6.99. The van der Waals surface area contributed by atoms with Crippen LogP contribution in [-0.2, 0) is 6.42 Å². The van der Waals surface area contributed by atoms with Crippen molar-refractivity contribution < 1.29 is 14.3 Å². The number of pyridine rings is 1. The van der Waals surface area contributed by atoms with Gasteiger partial charge in [-0.3, -0.25) is 5.32 Å². The molecule has 0 aliphatic rings. The lowest BCUT2D eigenvalue weighted by atomic mass is 10.1. The Balaban J connectivity index is 1.82. The van der Waals surface area contributed by atoms with E-state index in [1.165, 1.54) is 6.20 Å². The predicted octanol–water partition coefficient (Wildman–Crippen LogP) is 3.12. The quantitative estimate of drug-likeness (QED) is 0.850. The zero-order valence-corrected chi connectivity index (χ0v) is 13.7. The van der Waals surface area contributed by atoms with Crippen molar-refractivity contribution in [2.24, 2.45) is 0 Å². The Bertz CT molecular complexity index is 662. The second kappa shape index (κ2) is 8.24. The maximum Gasteiger partial charge on any atom is 0.320 e. The number of methoxy groups -OCH3 is 2. The Morgan fingerprint density at radius 1 is 1.17 bits per heavy atom. The van der Waals surface area contributed by atoms with Gasteiger partial charge in [-0.05, 0) is 36.2 Å². The highest BCUT2D eigenvalue weighted by Gasteiger charge is 2.06. The normalized spacial score (nSPS) is 10.0. The van der Waals surface area contributed by atoms with E-state index in [9.17, 15) is 4.79 Å². The predicted molar refractivity (Wildman–Crippen MR) is 89.5 cm³/mol. The monoisotopic (exact) mass is 335 g/mol. The number of urea groups is 1. The minimum absolute atomic E-state index is 0.319. The zero-order valence-electron chi connectivity index (χ0n) is 12.9. The van der Waals surface area contributed by atoms with Gasteiger partial charge in [0.15, 0.2) is 11.5 Å². The van der Waals surface area contributed by atoms with Gasteiger partial charge in [0.25, 0.3) is 0 Å². The summed E-state index contributed by atoms with van der Waals surface area (Å²) in [6, 6.07) is 8.64. The molecule has 6 nitrogen and oxygen atoms in total. The van der Waals surface area contributed by atoms with E-state index in [2.05, 4.69) is 15.6 Å². The average Bonchev–Trinajstić information content (AvgIpc) is 2.56. The number of nitrogens with one attached hydrogen (secondary N) is 2. The van der Waals surface area contributed by atoms with E-state index in [1.807, 2.05) is 18.2 Å². The Morgan fingerprint density at radius 3 is 2.61 bits per heavy atom. The number of hydrogen-bond acceptors (Lipinski definition) is 4. The summed E-state index contributed by atoms with van der Waals surface area (Å²) in [6.07, 6.45) is 2.14. The molecule has 0 aliphatic heterocycles. The van der Waals surface area contributed by atoms with Crippen LogP contribution < -0.4 is 20.1 Å². The molecule has 0 bridgehead atoms. The van der Waals surface area contributed by atoms with Gasteiger partial charge in [0, 0.05) is 12.7 Å². The molecule has 0 atom stereocenters. The number of carbonyl (C=O) groups excluding carboxylic acids is 1. The topological polar surface area (TPSA) is 72.5 Å². The molecule has 7 heteroatoms. The van der Waals surface area contributed by atoms with E-state index in [1.54, 1.807) is 26.4 Å². The van der Waals surface area contributed by atoms with Crippen LogP contribution in [0.4, 0.5) is 10.6 Å². The molecule has 23 heavy (non-hydrogen) atoms. The molecule has 1 aromatic carbocycles.